The summed E-state index contributed by atoms with van der Waals surface area (Å²) in [6.45, 7) is 0. The molecule has 5 nitrogen and oxygen atoms in total. The first kappa shape index (κ1) is 12.9. The Bertz CT molecular complexity index is 583. The predicted octanol–water partition coefficient (Wildman–Crippen LogP) is 2.53. The smallest absolute Gasteiger partial charge is 0.416 e. The third kappa shape index (κ3) is 3.03. The van der Waals surface area contributed by atoms with Gasteiger partial charge in [-0.2, -0.15) is 18.2 Å². The molecule has 0 fully saturated rings. The number of alkyl halides is 3. The van der Waals surface area contributed by atoms with Crippen LogP contribution in [0.25, 0.3) is 0 Å². The summed E-state index contributed by atoms with van der Waals surface area (Å²) >= 11 is 0. The summed E-state index contributed by atoms with van der Waals surface area (Å²) in [5.41, 5.74) is 4.94. The highest BCUT2D eigenvalue weighted by Gasteiger charge is 2.29. The van der Waals surface area contributed by atoms with Gasteiger partial charge in [-0.3, -0.25) is 0 Å². The second-order valence-electron chi connectivity index (χ2n) is 3.67. The van der Waals surface area contributed by atoms with E-state index in [-0.39, 0.29) is 11.6 Å². The molecule has 1 aromatic heterocycles. The van der Waals surface area contributed by atoms with Crippen molar-refractivity contribution in [1.82, 2.24) is 9.97 Å². The van der Waals surface area contributed by atoms with Crippen molar-refractivity contribution in [2.24, 2.45) is 0 Å². The largest absolute Gasteiger partial charge is 0.492 e. The lowest BCUT2D eigenvalue weighted by Crippen LogP contribution is -2.05. The van der Waals surface area contributed by atoms with Crippen LogP contribution in [0.4, 0.5) is 30.5 Å². The number of nitrogens with one attached hydrogen (secondary N) is 1. The third-order valence-corrected chi connectivity index (χ3v) is 2.26. The Hall–Kier alpha value is -2.51. The number of nitrogens with zero attached hydrogens (tertiary/aromatic N) is 2. The first-order valence-corrected chi connectivity index (χ1v) is 5.12. The summed E-state index contributed by atoms with van der Waals surface area (Å²) in [4.78, 5) is 7.40. The van der Waals surface area contributed by atoms with Gasteiger partial charge in [0.05, 0.1) is 11.8 Å². The van der Waals surface area contributed by atoms with Gasteiger partial charge in [-0.1, -0.05) is 0 Å². The molecule has 0 amide bonds. The van der Waals surface area contributed by atoms with E-state index in [2.05, 4.69) is 15.3 Å². The van der Waals surface area contributed by atoms with Crippen molar-refractivity contribution in [3.63, 3.8) is 0 Å². The van der Waals surface area contributed by atoms with Gasteiger partial charge in [-0.05, 0) is 24.3 Å². The molecule has 2 aromatic rings. The Kier molecular flexibility index (Phi) is 3.16. The van der Waals surface area contributed by atoms with Gasteiger partial charge in [0.1, 0.15) is 5.69 Å². The molecule has 0 atom stereocenters. The van der Waals surface area contributed by atoms with Crippen molar-refractivity contribution in [2.45, 2.75) is 6.18 Å². The van der Waals surface area contributed by atoms with Crippen molar-refractivity contribution in [3.8, 4) is 5.88 Å². The number of benzene rings is 1. The number of halogens is 3. The topological polar surface area (TPSA) is 84.1 Å². The number of hydrogen-bond donors (Lipinski definition) is 3. The number of rotatable bonds is 2. The average molecular weight is 270 g/mol. The average Bonchev–Trinajstić information content (AvgIpc) is 2.33. The van der Waals surface area contributed by atoms with E-state index in [1.165, 1.54) is 18.3 Å². The zero-order chi connectivity index (χ0) is 14.0. The van der Waals surface area contributed by atoms with Crippen molar-refractivity contribution >= 4 is 17.3 Å². The van der Waals surface area contributed by atoms with Gasteiger partial charge in [0.25, 0.3) is 0 Å². The Labute approximate surface area is 105 Å². The molecule has 0 saturated carbocycles. The molecule has 19 heavy (non-hydrogen) atoms. The van der Waals surface area contributed by atoms with Gasteiger partial charge in [-0.15, -0.1) is 0 Å². The fraction of sp³-hybridized carbons (Fsp3) is 0.0909. The van der Waals surface area contributed by atoms with E-state index in [1.807, 2.05) is 0 Å². The Morgan fingerprint density at radius 3 is 2.32 bits per heavy atom. The minimum Gasteiger partial charge on any atom is -0.492 e. The third-order valence-electron chi connectivity index (χ3n) is 2.26. The first-order chi connectivity index (χ1) is 8.86. The predicted molar refractivity (Wildman–Crippen MR) is 62.8 cm³/mol. The quantitative estimate of drug-likeness (QED) is 0.781. The summed E-state index contributed by atoms with van der Waals surface area (Å²) in [5, 5.41) is 11.9. The van der Waals surface area contributed by atoms with Crippen molar-refractivity contribution in [3.05, 3.63) is 36.0 Å². The summed E-state index contributed by atoms with van der Waals surface area (Å²) in [7, 11) is 0. The minimum atomic E-state index is -4.38. The minimum absolute atomic E-state index is 0.0120. The molecule has 0 radical (unpaired) electrons. The van der Waals surface area contributed by atoms with Crippen LogP contribution in [0.5, 0.6) is 5.88 Å². The molecule has 0 aliphatic carbocycles. The lowest BCUT2D eigenvalue weighted by atomic mass is 10.2. The van der Waals surface area contributed by atoms with E-state index in [4.69, 9.17) is 5.73 Å². The van der Waals surface area contributed by atoms with Gasteiger partial charge < -0.3 is 16.2 Å². The van der Waals surface area contributed by atoms with E-state index < -0.39 is 17.6 Å². The molecular weight excluding hydrogens is 261 g/mol. The molecule has 100 valence electrons. The monoisotopic (exact) mass is 270 g/mol. The van der Waals surface area contributed by atoms with Crippen LogP contribution in [0.3, 0.4) is 0 Å². The maximum Gasteiger partial charge on any atom is 0.416 e. The Balaban J connectivity index is 2.17. The maximum atomic E-state index is 12.4. The lowest BCUT2D eigenvalue weighted by molar-refractivity contribution is -0.137. The Morgan fingerprint density at radius 1 is 1.16 bits per heavy atom. The van der Waals surface area contributed by atoms with Crippen LogP contribution in [-0.2, 0) is 6.18 Å². The molecule has 2 rings (SSSR count). The van der Waals surface area contributed by atoms with E-state index in [1.54, 1.807) is 0 Å². The molecule has 8 heteroatoms. The highest BCUT2D eigenvalue weighted by molar-refractivity contribution is 5.56. The van der Waals surface area contributed by atoms with Crippen molar-refractivity contribution < 1.29 is 18.3 Å². The van der Waals surface area contributed by atoms with E-state index in [0.717, 1.165) is 12.1 Å². The highest BCUT2D eigenvalue weighted by atomic mass is 19.4. The fourth-order valence-electron chi connectivity index (χ4n) is 1.31. The molecule has 0 unspecified atom stereocenters. The van der Waals surface area contributed by atoms with Crippen LogP contribution < -0.4 is 11.1 Å². The van der Waals surface area contributed by atoms with E-state index in [9.17, 15) is 18.3 Å². The molecule has 1 heterocycles. The van der Waals surface area contributed by atoms with Gasteiger partial charge in [0, 0.05) is 5.69 Å². The number of anilines is 3. The highest BCUT2D eigenvalue weighted by Crippen LogP contribution is 2.30. The maximum absolute atomic E-state index is 12.4. The second kappa shape index (κ2) is 4.63. The summed E-state index contributed by atoms with van der Waals surface area (Å²) in [6, 6.07) is 4.33. The van der Waals surface area contributed by atoms with Gasteiger partial charge >= 0.3 is 6.18 Å². The van der Waals surface area contributed by atoms with E-state index in [0.29, 0.717) is 5.69 Å². The number of nitrogens with two attached hydrogens (primary N) is 1. The van der Waals surface area contributed by atoms with Crippen LogP contribution in [0.1, 0.15) is 5.56 Å². The molecule has 0 saturated heterocycles. The first-order valence-electron chi connectivity index (χ1n) is 5.12. The Morgan fingerprint density at radius 2 is 1.79 bits per heavy atom. The van der Waals surface area contributed by atoms with Gasteiger partial charge in [-0.25, -0.2) is 4.98 Å². The molecule has 0 aliphatic rings. The number of aromatic nitrogens is 2. The molecule has 0 aliphatic heterocycles. The molecule has 0 spiro atoms. The van der Waals surface area contributed by atoms with Crippen LogP contribution in [0.15, 0.2) is 30.5 Å². The molecular formula is C11H9F3N4O. The number of aromatic hydroxyl groups is 1. The molecule has 4 N–H and O–H groups in total. The standard InChI is InChI=1S/C11H9F3N4O/c12-11(13,14)6-1-3-7(4-2-6)17-10-16-5-8(15)9(19)18-10/h1-5H,15H2,(H2,16,17,18,19). The lowest BCUT2D eigenvalue weighted by Gasteiger charge is -2.08. The van der Waals surface area contributed by atoms with Gasteiger partial charge in [0.2, 0.25) is 11.8 Å². The number of nitrogen functional groups attached to an aromatic ring is 1. The normalized spacial score (nSPS) is 11.3. The SMILES string of the molecule is Nc1cnc(Nc2ccc(C(F)(F)F)cc2)nc1O. The van der Waals surface area contributed by atoms with Crippen molar-refractivity contribution in [1.29, 1.82) is 0 Å². The summed E-state index contributed by atoms with van der Waals surface area (Å²) < 4.78 is 37.1. The fourth-order valence-corrected chi connectivity index (χ4v) is 1.31. The zero-order valence-electron chi connectivity index (χ0n) is 9.44. The van der Waals surface area contributed by atoms with Crippen LogP contribution in [-0.4, -0.2) is 15.1 Å². The van der Waals surface area contributed by atoms with Crippen molar-refractivity contribution in [2.75, 3.05) is 11.1 Å². The van der Waals surface area contributed by atoms with Gasteiger partial charge in [0.15, 0.2) is 0 Å². The molecule has 0 bridgehead atoms. The number of hydrogen-bond acceptors (Lipinski definition) is 5. The second-order valence-corrected chi connectivity index (χ2v) is 3.67. The summed E-state index contributed by atoms with van der Waals surface area (Å²) in [5.74, 6) is -0.365. The van der Waals surface area contributed by atoms with E-state index >= 15 is 0 Å². The van der Waals surface area contributed by atoms with Crippen LogP contribution >= 0.6 is 0 Å². The summed E-state index contributed by atoms with van der Waals surface area (Å²) in [6.07, 6.45) is -3.19. The van der Waals surface area contributed by atoms with Crippen LogP contribution in [0, 0.1) is 0 Å². The zero-order valence-corrected chi connectivity index (χ0v) is 9.44. The van der Waals surface area contributed by atoms with Crippen LogP contribution in [0.2, 0.25) is 0 Å². The molecule has 1 aromatic carbocycles.